The van der Waals surface area contributed by atoms with Crippen molar-refractivity contribution in [2.24, 2.45) is 123 Å². The molecule has 8 aliphatic rings. The fourth-order valence-corrected chi connectivity index (χ4v) is 17.6. The molecule has 0 radical (unpaired) electrons. The van der Waals surface area contributed by atoms with Gasteiger partial charge in [-0.15, -0.1) is 22.7 Å². The van der Waals surface area contributed by atoms with Crippen LogP contribution in [0, 0.1) is 118 Å². The second-order valence-corrected chi connectivity index (χ2v) is 59.8. The lowest BCUT2D eigenvalue weighted by Crippen LogP contribution is -2.62. The quantitative estimate of drug-likeness (QED) is 0.119. The van der Waals surface area contributed by atoms with Gasteiger partial charge in [0.15, 0.2) is 0 Å². The number of nitrogens with one attached hydrogen (secondary N) is 2. The summed E-state index contributed by atoms with van der Waals surface area (Å²) in [6.45, 7) is 131. The van der Waals surface area contributed by atoms with Crippen molar-refractivity contribution in [1.82, 2.24) is 54.3 Å². The van der Waals surface area contributed by atoms with Gasteiger partial charge >= 0.3 is 0 Å². The number of aryl methyl sites for hydroxylation is 3. The van der Waals surface area contributed by atoms with Gasteiger partial charge in [0.1, 0.15) is 11.6 Å². The van der Waals surface area contributed by atoms with Crippen molar-refractivity contribution in [1.29, 1.82) is 0 Å². The average Bonchev–Trinajstić information content (AvgIpc) is 1.75. The number of amides is 1. The van der Waals surface area contributed by atoms with Gasteiger partial charge in [-0.3, -0.25) is 20.0 Å². The van der Waals surface area contributed by atoms with Gasteiger partial charge < -0.3 is 34.3 Å². The zero-order chi connectivity index (χ0) is 104. The summed E-state index contributed by atoms with van der Waals surface area (Å²) in [6, 6.07) is 7.24. The van der Waals surface area contributed by atoms with Crippen LogP contribution in [-0.4, -0.2) is 171 Å². The summed E-state index contributed by atoms with van der Waals surface area (Å²) in [5.41, 5.74) is 14.5. The Morgan fingerprint density at radius 2 is 0.932 bits per heavy atom. The van der Waals surface area contributed by atoms with Crippen LogP contribution in [0.25, 0.3) is 0 Å². The Labute approximate surface area is 834 Å². The molecule has 0 atom stereocenters. The first-order valence-electron chi connectivity index (χ1n) is 51.7. The van der Waals surface area contributed by atoms with Crippen LogP contribution in [-0.2, 0) is 44.6 Å². The summed E-state index contributed by atoms with van der Waals surface area (Å²) >= 11 is 3.73. The summed E-state index contributed by atoms with van der Waals surface area (Å²) < 4.78 is 4.23. The van der Waals surface area contributed by atoms with Crippen molar-refractivity contribution in [2.75, 3.05) is 98.7 Å². The number of rotatable bonds is 13. The fourth-order valence-electron chi connectivity index (χ4n) is 15.4. The maximum absolute atomic E-state index is 11.1. The van der Waals surface area contributed by atoms with Crippen molar-refractivity contribution in [3.8, 4) is 0 Å². The smallest absolute Gasteiger partial charge is 0.223 e. The summed E-state index contributed by atoms with van der Waals surface area (Å²) in [7, 11) is 6.30. The molecular formula is C117H222N12O2S2. The third-order valence-electron chi connectivity index (χ3n) is 28.7. The van der Waals surface area contributed by atoms with Crippen molar-refractivity contribution >= 4 is 34.3 Å². The topological polar surface area (TPSA) is 126 Å². The molecule has 0 aromatic carbocycles. The van der Waals surface area contributed by atoms with Crippen molar-refractivity contribution in [3.05, 3.63) is 105 Å². The molecule has 3 N–H and O–H groups in total. The first-order chi connectivity index (χ1) is 59.4. The molecule has 0 unspecified atom stereocenters. The lowest BCUT2D eigenvalue weighted by atomic mass is 9.63. The zero-order valence-electron chi connectivity index (χ0n) is 97.8. The summed E-state index contributed by atoms with van der Waals surface area (Å²) in [5, 5.41) is 21.1. The number of carbonyl (C=O) groups is 1. The molecule has 16 heteroatoms. The molecule has 2 saturated carbocycles. The van der Waals surface area contributed by atoms with Crippen molar-refractivity contribution in [2.45, 2.75) is 415 Å². The number of thiophene rings is 2. The van der Waals surface area contributed by atoms with Gasteiger partial charge in [0.25, 0.3) is 0 Å². The maximum atomic E-state index is 11.1. The number of β-amino-alcohol motifs (C(OH)–C–C–N with tert-alkyl or cyclic N) is 1. The van der Waals surface area contributed by atoms with Crippen molar-refractivity contribution in [3.63, 3.8) is 0 Å². The van der Waals surface area contributed by atoms with Crippen LogP contribution in [0.3, 0.4) is 0 Å². The van der Waals surface area contributed by atoms with E-state index in [-0.39, 0.29) is 11.3 Å². The van der Waals surface area contributed by atoms with Crippen LogP contribution in [0.5, 0.6) is 0 Å². The Balaban J connectivity index is 0.000000728. The number of aromatic nitrogens is 4. The molecule has 0 bridgehead atoms. The van der Waals surface area contributed by atoms with Gasteiger partial charge in [0, 0.05) is 157 Å². The molecule has 774 valence electrons. The van der Waals surface area contributed by atoms with Crippen LogP contribution in [0.15, 0.2) is 77.1 Å². The van der Waals surface area contributed by atoms with Crippen molar-refractivity contribution < 1.29 is 9.90 Å². The highest BCUT2D eigenvalue weighted by Gasteiger charge is 2.51. The number of allylic oxidation sites excluding steroid dienone is 2. The molecule has 133 heavy (non-hydrogen) atoms. The summed E-state index contributed by atoms with van der Waals surface area (Å²) in [6.07, 6.45) is 21.7. The van der Waals surface area contributed by atoms with Crippen LogP contribution < -0.4 is 10.7 Å². The molecule has 12 rings (SSSR count). The Hall–Kier alpha value is -4.00. The summed E-state index contributed by atoms with van der Waals surface area (Å²) in [5.74, 6) is 3.91. The van der Waals surface area contributed by atoms with Gasteiger partial charge in [-0.05, 0) is 245 Å². The Bertz CT molecular complexity index is 3940. The van der Waals surface area contributed by atoms with Gasteiger partial charge in [0.05, 0.1) is 11.3 Å². The van der Waals surface area contributed by atoms with Crippen LogP contribution >= 0.6 is 22.7 Å². The molecule has 5 saturated heterocycles. The molecule has 14 nitrogen and oxygen atoms in total. The maximum Gasteiger partial charge on any atom is 0.223 e. The van der Waals surface area contributed by atoms with Crippen LogP contribution in [0.1, 0.15) is 397 Å². The van der Waals surface area contributed by atoms with Crippen LogP contribution in [0.2, 0.25) is 0 Å². The number of hydrogen-bond donors (Lipinski definition) is 3. The van der Waals surface area contributed by atoms with E-state index >= 15 is 0 Å². The van der Waals surface area contributed by atoms with E-state index in [9.17, 15) is 9.90 Å². The number of nitrogens with zero attached hydrogens (tertiary/aromatic N) is 10. The molecule has 6 aliphatic heterocycles. The molecule has 7 fully saturated rings. The second-order valence-electron chi connectivity index (χ2n) is 57.7. The average molecular weight is 1890 g/mol. The lowest BCUT2D eigenvalue weighted by molar-refractivity contribution is -0.122. The fraction of sp³-hybridized carbons (Fsp3) is 0.829. The highest BCUT2D eigenvalue weighted by Crippen LogP contribution is 2.50. The number of hydrazone groups is 1. The molecular weight excluding hydrogens is 1670 g/mol. The van der Waals surface area contributed by atoms with Gasteiger partial charge in [-0.25, -0.2) is 9.97 Å². The van der Waals surface area contributed by atoms with E-state index in [1.54, 1.807) is 0 Å². The Morgan fingerprint density at radius 1 is 0.511 bits per heavy atom. The minimum atomic E-state index is -0.556. The predicted octanol–water partition coefficient (Wildman–Crippen LogP) is 29.8. The minimum absolute atomic E-state index is 0.213. The largest absolute Gasteiger partial charge is 0.389 e. The third kappa shape index (κ3) is 50.8. The third-order valence-corrected chi connectivity index (χ3v) is 30.6. The molecule has 0 spiro atoms. The van der Waals surface area contributed by atoms with E-state index in [0.717, 1.165) is 93.3 Å². The van der Waals surface area contributed by atoms with Gasteiger partial charge in [-0.1, -0.05) is 317 Å². The van der Waals surface area contributed by atoms with E-state index in [4.69, 9.17) is 0 Å². The van der Waals surface area contributed by atoms with E-state index in [2.05, 4.69) is 428 Å². The standard InChI is InChI=1S/C12H25NO.C12H23N.C11H23N.C10H18N2.C10H16N2.C10H21N.C10H16S.C9H16N2.C9H17NO.C9H19N.C9H14S.C6H14/c1-10(2,3)12(6)8-13(9-12)7-11(4,5)14;1-11(2,3)12(4)8-13(9-12)7-10-5-6-10;1-9(2)12-7-11(6,8-12)10(3,4)5;1-8-11-7-9(12(8)5)6-10(2,3)4;1-8-5-6-9(12-11-8)7-10(2,3)4;1-6-11-7-10(5,8-11)9(2,3)4;1-8-5-6-11-9(8)7-10(2,3)4;1-9(2,3)7-8-10-5-6-11(8)4;1-9(2,3)6-10-8(11)7-4-5-7;1-8(2,3)9(4)6-10(5)7-9;1-9(2,3)7-8-5-4-6-10-8;1-5-6(2,3)4/h14H,7-9H2,1-6H3;10H,5-9H2,1-4H3;9H,7-8H2,1-6H3;7H,6H2,1-5H3;5-6,11H,1,7H2,2-4H3;6-8H2,1-5H3;2*5-6H,7H2,1-4H3;7H,4-6H2,1-3H3,(H,10,11);6-7H2,1-5H3;4-6H,7H2,1-3H3;5H2,1-4H3. The Kier molecular flexibility index (Phi) is 48.3. The molecule has 2 aliphatic carbocycles. The number of aliphatic hydroxyl groups is 1. The van der Waals surface area contributed by atoms with Gasteiger partial charge in [-0.2, -0.15) is 5.10 Å². The number of likely N-dealkylation sites (tertiary alicyclic amines) is 5. The van der Waals surface area contributed by atoms with E-state index in [0.29, 0.717) is 92.6 Å². The molecule has 4 aromatic heterocycles. The number of hydrogen-bond acceptors (Lipinski definition) is 13. The monoisotopic (exact) mass is 1890 g/mol. The lowest BCUT2D eigenvalue weighted by Gasteiger charge is -2.57. The highest BCUT2D eigenvalue weighted by atomic mass is 32.1. The SMILES string of the molecule is C=C1C=CC(CC(C)(C)C)=NN1.CC(C)(C)C1(C)CN(CC2CC2)C1.CC(C)(C)CNC(=O)C1CC1.CC(C)(C)Cc1cccs1.CC(C)(O)CN1CC(C)(C(C)(C)C)C1.CC(C)N1CC(C)(C(C)(C)C)C1.CCC(C)(C)C.CCN1CC(C)(C(C)(C)C)C1.CN1CC(C)(C(C)(C)C)C1.Cc1ccsc1CC(C)(C)C.Cc1ncc(CC(C)(C)C)n1C.Cn1ccnc1CC(C)(C)C. The first kappa shape index (κ1) is 127. The molecule has 4 aromatic rings. The minimum Gasteiger partial charge on any atom is -0.389 e. The van der Waals surface area contributed by atoms with E-state index < -0.39 is 5.60 Å². The van der Waals surface area contributed by atoms with E-state index in [1.807, 2.05) is 81.2 Å². The molecule has 1 amide bonds. The first-order valence-corrected chi connectivity index (χ1v) is 53.5. The highest BCUT2D eigenvalue weighted by molar-refractivity contribution is 7.10. The zero-order valence-corrected chi connectivity index (χ0v) is 99.5. The van der Waals surface area contributed by atoms with Crippen LogP contribution in [0.4, 0.5) is 0 Å². The second kappa shape index (κ2) is 50.6. The Morgan fingerprint density at radius 3 is 1.23 bits per heavy atom. The number of carbonyl (C=O) groups excluding carboxylic acids is 1. The van der Waals surface area contributed by atoms with E-state index in [1.165, 1.54) is 119 Å². The normalized spacial score (nSPS) is 19.0. The van der Waals surface area contributed by atoms with Gasteiger partial charge in [0.2, 0.25) is 5.91 Å². The molecule has 10 heterocycles. The number of imidazole rings is 2. The predicted molar refractivity (Wildman–Crippen MR) is 591 cm³/mol. The summed E-state index contributed by atoms with van der Waals surface area (Å²) in [4.78, 5) is 35.1.